The molecule has 0 saturated heterocycles. The van der Waals surface area contributed by atoms with E-state index in [1.54, 1.807) is 0 Å². The van der Waals surface area contributed by atoms with Crippen LogP contribution in [0.4, 0.5) is 23.8 Å². The molecule has 15 heavy (non-hydrogen) atoms. The molecule has 0 spiro atoms. The first-order valence-electron chi connectivity index (χ1n) is 3.52. The molecule has 0 radical (unpaired) electrons. The molecule has 0 heterocycles. The zero-order valence-electron chi connectivity index (χ0n) is 6.99. The van der Waals surface area contributed by atoms with Gasteiger partial charge in [-0.25, -0.2) is 4.39 Å². The second-order valence-electron chi connectivity index (χ2n) is 2.86. The van der Waals surface area contributed by atoms with Crippen LogP contribution in [0.15, 0.2) is 23.1 Å². The van der Waals surface area contributed by atoms with Gasteiger partial charge in [-0.2, -0.15) is 0 Å². The summed E-state index contributed by atoms with van der Waals surface area (Å²) in [4.78, 5) is -2.08. The average Bonchev–Trinajstić information content (AvgIpc) is 2.00. The Morgan fingerprint density at radius 3 is 2.00 bits per heavy atom. The van der Waals surface area contributed by atoms with Crippen LogP contribution in [0.25, 0.3) is 0 Å². The molecule has 0 aliphatic carbocycles. The number of halogens is 7. The van der Waals surface area contributed by atoms with Crippen LogP contribution in [0.2, 0.25) is 0 Å². The van der Waals surface area contributed by atoms with Crippen molar-refractivity contribution in [3.63, 3.8) is 0 Å². The first-order chi connectivity index (χ1) is 6.44. The van der Waals surface area contributed by atoms with E-state index in [0.29, 0.717) is 6.07 Å². The average molecular weight is 315 g/mol. The Kier molecular flexibility index (Phi) is 2.41. The number of hydrogen-bond acceptors (Lipinski definition) is 0. The van der Waals surface area contributed by atoms with Crippen LogP contribution in [0.5, 0.6) is 0 Å². The first kappa shape index (κ1) is 12.7. The minimum absolute atomic E-state index is 0.0447. The van der Waals surface area contributed by atoms with Gasteiger partial charge in [-0.1, -0.05) is 35.4 Å². The third-order valence-corrected chi connectivity index (χ3v) is 3.36. The van der Waals surface area contributed by atoms with Crippen molar-refractivity contribution in [2.45, 2.75) is 10.2 Å². The Hall–Kier alpha value is -0.370. The molecule has 0 nitrogen and oxygen atoms in total. The minimum atomic E-state index is -9.69. The molecule has 0 bridgehead atoms. The number of rotatable bonds is 2. The lowest BCUT2D eigenvalue weighted by molar-refractivity contribution is 0.363. The number of benzene rings is 1. The maximum absolute atomic E-state index is 12.8. The molecule has 0 amide bonds. The zero-order valence-corrected chi connectivity index (χ0v) is 9.40. The van der Waals surface area contributed by atoms with E-state index in [4.69, 9.17) is 0 Å². The second-order valence-corrected chi connectivity index (χ2v) is 5.83. The van der Waals surface area contributed by atoms with Crippen LogP contribution in [0.1, 0.15) is 5.56 Å². The third kappa shape index (κ3) is 3.04. The fourth-order valence-corrected chi connectivity index (χ4v) is 2.01. The fourth-order valence-electron chi connectivity index (χ4n) is 0.893. The Morgan fingerprint density at radius 1 is 1.07 bits per heavy atom. The summed E-state index contributed by atoms with van der Waals surface area (Å²) in [7, 11) is -9.69. The van der Waals surface area contributed by atoms with Gasteiger partial charge in [-0.3, -0.25) is 0 Å². The highest BCUT2D eigenvalue weighted by atomic mass is 79.9. The Morgan fingerprint density at radius 2 is 1.60 bits per heavy atom. The van der Waals surface area contributed by atoms with Gasteiger partial charge in [0, 0.05) is 5.33 Å². The van der Waals surface area contributed by atoms with Crippen molar-refractivity contribution < 1.29 is 23.8 Å². The molecule has 0 N–H and O–H groups in total. The quantitative estimate of drug-likeness (QED) is 0.508. The number of alkyl halides is 1. The van der Waals surface area contributed by atoms with Crippen LogP contribution >= 0.6 is 26.2 Å². The molecule has 1 rings (SSSR count). The monoisotopic (exact) mass is 314 g/mol. The van der Waals surface area contributed by atoms with Gasteiger partial charge in [0.1, 0.15) is 10.7 Å². The van der Waals surface area contributed by atoms with Crippen LogP contribution < -0.4 is 0 Å². The molecule has 0 aliphatic rings. The lowest BCUT2D eigenvalue weighted by atomic mass is 10.2. The smallest absolute Gasteiger partial charge is 0.207 e. The van der Waals surface area contributed by atoms with Gasteiger partial charge in [0.2, 0.25) is 0 Å². The topological polar surface area (TPSA) is 0 Å². The zero-order chi connectivity index (χ0) is 12.0. The predicted octanol–water partition coefficient (Wildman–Crippen LogP) is 5.38. The summed E-state index contributed by atoms with van der Waals surface area (Å²) < 4.78 is 74.1. The van der Waals surface area contributed by atoms with Gasteiger partial charge < -0.3 is 0 Å². The highest BCUT2D eigenvalue weighted by molar-refractivity contribution is 9.08. The summed E-state index contributed by atoms with van der Waals surface area (Å²) in [5, 5.41) is -0.263. The molecule has 1 aromatic carbocycles. The van der Waals surface area contributed by atoms with E-state index in [1.807, 2.05) is 0 Å². The van der Waals surface area contributed by atoms with E-state index < -0.39 is 26.5 Å². The molecule has 0 atom stereocenters. The van der Waals surface area contributed by atoms with Gasteiger partial charge in [-0.15, -0.1) is 0 Å². The van der Waals surface area contributed by atoms with Crippen molar-refractivity contribution in [2.75, 3.05) is 0 Å². The SMILES string of the molecule is Fc1ccc(S(F)(F)(F)(F)F)cc1CBr. The van der Waals surface area contributed by atoms with Crippen LogP contribution in [0.3, 0.4) is 0 Å². The molecular weight excluding hydrogens is 310 g/mol. The van der Waals surface area contributed by atoms with Crippen molar-refractivity contribution in [2.24, 2.45) is 0 Å². The van der Waals surface area contributed by atoms with E-state index in [2.05, 4.69) is 15.9 Å². The van der Waals surface area contributed by atoms with Gasteiger partial charge in [0.15, 0.2) is 0 Å². The minimum Gasteiger partial charge on any atom is -0.207 e. The predicted molar refractivity (Wildman–Crippen MR) is 50.4 cm³/mol. The molecule has 1 aromatic rings. The van der Waals surface area contributed by atoms with Crippen LogP contribution in [-0.2, 0) is 5.33 Å². The summed E-state index contributed by atoms with van der Waals surface area (Å²) in [6, 6.07) is 0.540. The summed E-state index contributed by atoms with van der Waals surface area (Å²) in [6.45, 7) is 0. The summed E-state index contributed by atoms with van der Waals surface area (Å²) in [5.41, 5.74) is -0.458. The molecule has 0 aromatic heterocycles. The first-order valence-corrected chi connectivity index (χ1v) is 6.60. The largest absolute Gasteiger partial charge is 0.310 e. The van der Waals surface area contributed by atoms with E-state index in [-0.39, 0.29) is 17.5 Å². The Balaban J connectivity index is 3.44. The Labute approximate surface area is 90.1 Å². The molecule has 0 aliphatic heterocycles. The molecule has 88 valence electrons. The van der Waals surface area contributed by atoms with Crippen molar-refractivity contribution in [3.05, 3.63) is 29.6 Å². The lowest BCUT2D eigenvalue weighted by Crippen LogP contribution is -2.06. The van der Waals surface area contributed by atoms with E-state index in [0.717, 1.165) is 0 Å². The van der Waals surface area contributed by atoms with Crippen molar-refractivity contribution in [3.8, 4) is 0 Å². The molecule has 0 unspecified atom stereocenters. The van der Waals surface area contributed by atoms with Crippen LogP contribution in [-0.4, -0.2) is 0 Å². The summed E-state index contributed by atoms with van der Waals surface area (Å²) >= 11 is 2.71. The van der Waals surface area contributed by atoms with Gasteiger partial charge in [-0.05, 0) is 23.8 Å². The van der Waals surface area contributed by atoms with Crippen LogP contribution in [0, 0.1) is 5.82 Å². The summed E-state index contributed by atoms with van der Waals surface area (Å²) in [6.07, 6.45) is 0. The number of hydrogen-bond donors (Lipinski definition) is 0. The second kappa shape index (κ2) is 2.85. The highest BCUT2D eigenvalue weighted by Gasteiger charge is 2.65. The standard InChI is InChI=1S/C7H5BrF6S/c8-4-5-3-6(1-2-7(5)9)15(10,11,12,13)14/h1-3H,4H2. The maximum Gasteiger partial charge on any atom is 0.310 e. The third-order valence-electron chi connectivity index (χ3n) is 1.61. The molecule has 8 heteroatoms. The molecule has 0 saturated carbocycles. The van der Waals surface area contributed by atoms with E-state index >= 15 is 0 Å². The van der Waals surface area contributed by atoms with Gasteiger partial charge >= 0.3 is 10.2 Å². The maximum atomic E-state index is 12.8. The van der Waals surface area contributed by atoms with Crippen molar-refractivity contribution in [1.29, 1.82) is 0 Å². The van der Waals surface area contributed by atoms with Crippen molar-refractivity contribution >= 4 is 26.2 Å². The van der Waals surface area contributed by atoms with E-state index in [1.165, 1.54) is 0 Å². The molecule has 0 fully saturated rings. The summed E-state index contributed by atoms with van der Waals surface area (Å²) in [5.74, 6) is -0.961. The lowest BCUT2D eigenvalue weighted by Gasteiger charge is -2.40. The van der Waals surface area contributed by atoms with Gasteiger partial charge in [0.25, 0.3) is 0 Å². The van der Waals surface area contributed by atoms with E-state index in [9.17, 15) is 23.8 Å². The fraction of sp³-hybridized carbons (Fsp3) is 0.143. The normalized spacial score (nSPS) is 17.0. The molecular formula is C7H5BrF6S. The highest BCUT2D eigenvalue weighted by Crippen LogP contribution is 3.02. The van der Waals surface area contributed by atoms with Gasteiger partial charge in [0.05, 0.1) is 0 Å². The Bertz CT molecular complexity index is 397. The van der Waals surface area contributed by atoms with Crippen molar-refractivity contribution in [1.82, 2.24) is 0 Å².